The van der Waals surface area contributed by atoms with Crippen molar-refractivity contribution in [1.82, 2.24) is 19.9 Å². The largest absolute Gasteiger partial charge is 0.302 e. The Balaban J connectivity index is 0.00000289. The molecule has 8 heteroatoms. The van der Waals surface area contributed by atoms with E-state index in [-0.39, 0.29) is 18.3 Å². The van der Waals surface area contributed by atoms with Crippen LogP contribution in [0.4, 0.5) is 5.13 Å². The topological polar surface area (TPSA) is 62.2 Å². The van der Waals surface area contributed by atoms with Gasteiger partial charge in [-0.2, -0.15) is 0 Å². The van der Waals surface area contributed by atoms with E-state index in [4.69, 9.17) is 4.98 Å². The van der Waals surface area contributed by atoms with Crippen molar-refractivity contribution in [3.05, 3.63) is 59.4 Å². The molecule has 1 amide bonds. The van der Waals surface area contributed by atoms with Gasteiger partial charge in [0.25, 0.3) is 5.91 Å². The van der Waals surface area contributed by atoms with Crippen molar-refractivity contribution in [2.24, 2.45) is 0 Å². The van der Waals surface area contributed by atoms with Crippen LogP contribution in [-0.4, -0.2) is 51.9 Å². The molecule has 32 heavy (non-hydrogen) atoms. The second-order valence-corrected chi connectivity index (χ2v) is 8.66. The second kappa shape index (κ2) is 10.3. The molecule has 0 bridgehead atoms. The molecule has 0 fully saturated rings. The number of nitrogens with zero attached hydrogens (tertiary/aromatic N) is 5. The summed E-state index contributed by atoms with van der Waals surface area (Å²) in [5, 5.41) is 0.704. The monoisotopic (exact) mass is 469 g/mol. The Hall–Kier alpha value is -2.61. The Bertz CT molecular complexity index is 1240. The van der Waals surface area contributed by atoms with E-state index in [1.54, 1.807) is 22.4 Å². The standard InChI is InChI=1S/C24H27N5OS.ClH/c1-5-28(6-2)11-12-29(24-27-22-17(4)13-16(3)14-21(22)31-24)23(30)20-15-25-18-9-7-8-10-19(18)26-20;/h7-10,13-15H,5-6,11-12H2,1-4H3;1H. The number of hydrogen-bond acceptors (Lipinski definition) is 6. The fraction of sp³-hybridized carbons (Fsp3) is 0.333. The van der Waals surface area contributed by atoms with Crippen molar-refractivity contribution in [3.8, 4) is 0 Å². The van der Waals surface area contributed by atoms with Crippen LogP contribution in [-0.2, 0) is 0 Å². The van der Waals surface area contributed by atoms with Crippen molar-refractivity contribution in [2.75, 3.05) is 31.1 Å². The van der Waals surface area contributed by atoms with Crippen LogP contribution in [0.2, 0.25) is 0 Å². The molecule has 2 aromatic carbocycles. The lowest BCUT2D eigenvalue weighted by atomic mass is 10.1. The molecule has 0 N–H and O–H groups in total. The Morgan fingerprint density at radius 3 is 2.44 bits per heavy atom. The predicted octanol–water partition coefficient (Wildman–Crippen LogP) is 5.27. The van der Waals surface area contributed by atoms with Crippen LogP contribution >= 0.6 is 23.7 Å². The summed E-state index contributed by atoms with van der Waals surface area (Å²) in [4.78, 5) is 31.5. The highest BCUT2D eigenvalue weighted by Gasteiger charge is 2.24. The number of aromatic nitrogens is 3. The molecule has 0 aliphatic carbocycles. The van der Waals surface area contributed by atoms with Crippen molar-refractivity contribution in [3.63, 3.8) is 0 Å². The average Bonchev–Trinajstić information content (AvgIpc) is 3.20. The van der Waals surface area contributed by atoms with Gasteiger partial charge < -0.3 is 4.90 Å². The van der Waals surface area contributed by atoms with Gasteiger partial charge in [-0.25, -0.2) is 9.97 Å². The predicted molar refractivity (Wildman–Crippen MR) is 135 cm³/mol. The minimum Gasteiger partial charge on any atom is -0.302 e. The molecule has 0 radical (unpaired) electrons. The molecule has 0 aliphatic heterocycles. The number of fused-ring (bicyclic) bond motifs is 2. The summed E-state index contributed by atoms with van der Waals surface area (Å²) in [7, 11) is 0. The zero-order valence-corrected chi connectivity index (χ0v) is 20.5. The van der Waals surface area contributed by atoms with Crippen LogP contribution in [0.3, 0.4) is 0 Å². The summed E-state index contributed by atoms with van der Waals surface area (Å²) in [6.45, 7) is 11.6. The number of halogens is 1. The number of thiazole rings is 1. The minimum atomic E-state index is -0.168. The third kappa shape index (κ3) is 4.90. The number of aryl methyl sites for hydroxylation is 2. The molecule has 4 rings (SSSR count). The number of likely N-dealkylation sites (N-methyl/N-ethyl adjacent to an activating group) is 1. The highest BCUT2D eigenvalue weighted by atomic mass is 35.5. The van der Waals surface area contributed by atoms with Crippen LogP contribution in [0.5, 0.6) is 0 Å². The maximum Gasteiger partial charge on any atom is 0.280 e. The van der Waals surface area contributed by atoms with Gasteiger partial charge in [-0.3, -0.25) is 14.7 Å². The maximum absolute atomic E-state index is 13.6. The third-order valence-electron chi connectivity index (χ3n) is 5.50. The van der Waals surface area contributed by atoms with Crippen LogP contribution in [0, 0.1) is 13.8 Å². The average molecular weight is 470 g/mol. The van der Waals surface area contributed by atoms with Crippen molar-refractivity contribution < 1.29 is 4.79 Å². The number of hydrogen-bond donors (Lipinski definition) is 0. The molecule has 0 atom stereocenters. The van der Waals surface area contributed by atoms with E-state index in [0.29, 0.717) is 22.9 Å². The Morgan fingerprint density at radius 2 is 1.72 bits per heavy atom. The number of benzene rings is 2. The summed E-state index contributed by atoms with van der Waals surface area (Å²) in [6, 6.07) is 11.9. The fourth-order valence-corrected chi connectivity index (χ4v) is 4.90. The van der Waals surface area contributed by atoms with Gasteiger partial charge in [0, 0.05) is 13.1 Å². The van der Waals surface area contributed by atoms with Crippen LogP contribution in [0.15, 0.2) is 42.6 Å². The lowest BCUT2D eigenvalue weighted by molar-refractivity contribution is 0.0979. The van der Waals surface area contributed by atoms with Gasteiger partial charge in [0.15, 0.2) is 5.13 Å². The molecule has 2 heterocycles. The zero-order chi connectivity index (χ0) is 22.0. The number of amides is 1. The number of carbonyl (C=O) groups excluding carboxylic acids is 1. The summed E-state index contributed by atoms with van der Waals surface area (Å²) >= 11 is 1.55. The first-order valence-corrected chi connectivity index (χ1v) is 11.5. The van der Waals surface area contributed by atoms with Crippen LogP contribution in [0.25, 0.3) is 21.3 Å². The minimum absolute atomic E-state index is 0. The van der Waals surface area contributed by atoms with Crippen LogP contribution in [0.1, 0.15) is 35.5 Å². The van der Waals surface area contributed by atoms with Crippen molar-refractivity contribution in [2.45, 2.75) is 27.7 Å². The first-order chi connectivity index (χ1) is 15.0. The van der Waals surface area contributed by atoms with E-state index >= 15 is 0 Å². The van der Waals surface area contributed by atoms with Gasteiger partial charge in [0.1, 0.15) is 5.69 Å². The first-order valence-electron chi connectivity index (χ1n) is 10.6. The first kappa shape index (κ1) is 24.0. The van der Waals surface area contributed by atoms with Gasteiger partial charge in [-0.15, -0.1) is 12.4 Å². The Morgan fingerprint density at radius 1 is 1.00 bits per heavy atom. The zero-order valence-electron chi connectivity index (χ0n) is 18.8. The van der Waals surface area contributed by atoms with Crippen LogP contribution < -0.4 is 4.90 Å². The molecule has 2 aromatic heterocycles. The van der Waals surface area contributed by atoms with Gasteiger partial charge in [0.2, 0.25) is 0 Å². The number of anilines is 1. The summed E-state index contributed by atoms with van der Waals surface area (Å²) < 4.78 is 1.10. The highest BCUT2D eigenvalue weighted by molar-refractivity contribution is 7.22. The fourth-order valence-electron chi connectivity index (χ4n) is 3.74. The Labute approximate surface area is 198 Å². The molecule has 6 nitrogen and oxygen atoms in total. The lowest BCUT2D eigenvalue weighted by Crippen LogP contribution is -2.39. The Kier molecular flexibility index (Phi) is 7.77. The third-order valence-corrected chi connectivity index (χ3v) is 6.52. The number of para-hydroxylation sites is 2. The van der Waals surface area contributed by atoms with E-state index in [9.17, 15) is 4.79 Å². The van der Waals surface area contributed by atoms with Gasteiger partial charge in [-0.05, 0) is 56.3 Å². The molecular formula is C24H28ClN5OS. The molecule has 0 spiro atoms. The van der Waals surface area contributed by atoms with E-state index in [2.05, 4.69) is 54.7 Å². The van der Waals surface area contributed by atoms with Gasteiger partial charge in [-0.1, -0.05) is 43.4 Å². The molecule has 0 saturated carbocycles. The normalized spacial score (nSPS) is 11.2. The molecule has 0 saturated heterocycles. The molecular weight excluding hydrogens is 442 g/mol. The van der Waals surface area contributed by atoms with E-state index < -0.39 is 0 Å². The lowest BCUT2D eigenvalue weighted by Gasteiger charge is -2.24. The number of carbonyl (C=O) groups is 1. The van der Waals surface area contributed by atoms with E-state index in [1.165, 1.54) is 5.56 Å². The highest BCUT2D eigenvalue weighted by Crippen LogP contribution is 2.32. The number of rotatable bonds is 7. The summed E-state index contributed by atoms with van der Waals surface area (Å²) in [6.07, 6.45) is 1.57. The quantitative estimate of drug-likeness (QED) is 0.369. The van der Waals surface area contributed by atoms with Crippen molar-refractivity contribution in [1.29, 1.82) is 0 Å². The van der Waals surface area contributed by atoms with E-state index in [1.807, 2.05) is 24.3 Å². The maximum atomic E-state index is 13.6. The molecule has 0 aliphatic rings. The van der Waals surface area contributed by atoms with Gasteiger partial charge in [0.05, 0.1) is 27.4 Å². The molecule has 0 unspecified atom stereocenters. The molecule has 168 valence electrons. The summed E-state index contributed by atoms with van der Waals surface area (Å²) in [5.41, 5.74) is 5.11. The van der Waals surface area contributed by atoms with Gasteiger partial charge >= 0.3 is 0 Å². The summed E-state index contributed by atoms with van der Waals surface area (Å²) in [5.74, 6) is -0.168. The molecule has 4 aromatic rings. The van der Waals surface area contributed by atoms with Crippen molar-refractivity contribution >= 4 is 56.0 Å². The second-order valence-electron chi connectivity index (χ2n) is 7.65. The SMILES string of the molecule is CCN(CC)CCN(C(=O)c1cnc2ccccc2n1)c1nc2c(C)cc(C)cc2s1.Cl. The smallest absolute Gasteiger partial charge is 0.280 e. The van der Waals surface area contributed by atoms with E-state index in [0.717, 1.165) is 40.9 Å².